The monoisotopic (exact) mass is 322 g/mol. The maximum atomic E-state index is 12.4. The van der Waals surface area contributed by atoms with Crippen LogP contribution in [0.3, 0.4) is 0 Å². The Morgan fingerprint density at radius 1 is 1.04 bits per heavy atom. The second-order valence-electron chi connectivity index (χ2n) is 5.63. The van der Waals surface area contributed by atoms with Crippen LogP contribution in [0.2, 0.25) is 0 Å². The van der Waals surface area contributed by atoms with Gasteiger partial charge < -0.3 is 0 Å². The number of benzene rings is 2. The molecule has 23 heavy (non-hydrogen) atoms. The van der Waals surface area contributed by atoms with Gasteiger partial charge in [0, 0.05) is 16.5 Å². The summed E-state index contributed by atoms with van der Waals surface area (Å²) in [7, 11) is 0. The van der Waals surface area contributed by atoms with Gasteiger partial charge in [0.05, 0.1) is 5.69 Å². The molecule has 1 N–H and O–H groups in total. The molecule has 1 amide bonds. The van der Waals surface area contributed by atoms with Gasteiger partial charge >= 0.3 is 0 Å². The van der Waals surface area contributed by atoms with Crippen LogP contribution in [0.4, 0.5) is 5.13 Å². The minimum Gasteiger partial charge on any atom is -0.298 e. The van der Waals surface area contributed by atoms with Crippen LogP contribution < -0.4 is 5.32 Å². The first-order valence-corrected chi connectivity index (χ1v) is 8.32. The van der Waals surface area contributed by atoms with Gasteiger partial charge in [-0.1, -0.05) is 35.9 Å². The fourth-order valence-electron chi connectivity index (χ4n) is 2.46. The Kier molecular flexibility index (Phi) is 4.26. The molecule has 0 aliphatic heterocycles. The van der Waals surface area contributed by atoms with Crippen molar-refractivity contribution in [3.8, 4) is 11.3 Å². The molecule has 3 nitrogen and oxygen atoms in total. The average molecular weight is 322 g/mol. The highest BCUT2D eigenvalue weighted by atomic mass is 32.1. The SMILES string of the molecule is Cc1ccc(C)c(-c2csc(NC(=O)c3ccccc3C)n2)c1. The van der Waals surface area contributed by atoms with Crippen LogP contribution in [0.1, 0.15) is 27.0 Å². The highest BCUT2D eigenvalue weighted by molar-refractivity contribution is 7.14. The molecule has 0 radical (unpaired) electrons. The fraction of sp³-hybridized carbons (Fsp3) is 0.158. The summed E-state index contributed by atoms with van der Waals surface area (Å²) in [4.78, 5) is 16.9. The van der Waals surface area contributed by atoms with E-state index in [1.165, 1.54) is 22.5 Å². The number of aryl methyl sites for hydroxylation is 3. The fourth-order valence-corrected chi connectivity index (χ4v) is 3.16. The van der Waals surface area contributed by atoms with E-state index in [-0.39, 0.29) is 5.91 Å². The lowest BCUT2D eigenvalue weighted by atomic mass is 10.0. The Hall–Kier alpha value is -2.46. The van der Waals surface area contributed by atoms with Gasteiger partial charge in [-0.25, -0.2) is 4.98 Å². The summed E-state index contributed by atoms with van der Waals surface area (Å²) in [6.45, 7) is 6.06. The summed E-state index contributed by atoms with van der Waals surface area (Å²) in [6, 6.07) is 13.8. The Morgan fingerprint density at radius 3 is 2.61 bits per heavy atom. The van der Waals surface area contributed by atoms with E-state index in [1.54, 1.807) is 0 Å². The van der Waals surface area contributed by atoms with E-state index in [9.17, 15) is 4.79 Å². The van der Waals surface area contributed by atoms with E-state index in [0.29, 0.717) is 10.7 Å². The van der Waals surface area contributed by atoms with Gasteiger partial charge in [0.1, 0.15) is 0 Å². The van der Waals surface area contributed by atoms with Crippen molar-refractivity contribution in [1.82, 2.24) is 4.98 Å². The molecule has 3 rings (SSSR count). The zero-order valence-electron chi connectivity index (χ0n) is 13.4. The second-order valence-corrected chi connectivity index (χ2v) is 6.48. The van der Waals surface area contributed by atoms with Gasteiger partial charge in [-0.05, 0) is 44.0 Å². The standard InChI is InChI=1S/C19H18N2OS/c1-12-8-9-14(3)16(10-12)17-11-23-19(20-17)21-18(22)15-7-5-4-6-13(15)2/h4-11H,1-3H3,(H,20,21,22). The van der Waals surface area contributed by atoms with Gasteiger partial charge in [0.25, 0.3) is 5.91 Å². The van der Waals surface area contributed by atoms with E-state index in [0.717, 1.165) is 16.8 Å². The molecule has 0 unspecified atom stereocenters. The number of amides is 1. The van der Waals surface area contributed by atoms with Crippen molar-refractivity contribution in [3.63, 3.8) is 0 Å². The van der Waals surface area contributed by atoms with Crippen molar-refractivity contribution < 1.29 is 4.79 Å². The van der Waals surface area contributed by atoms with Crippen molar-refractivity contribution in [2.75, 3.05) is 5.32 Å². The van der Waals surface area contributed by atoms with Crippen LogP contribution in [0, 0.1) is 20.8 Å². The number of anilines is 1. The number of carbonyl (C=O) groups is 1. The first-order valence-electron chi connectivity index (χ1n) is 7.45. The Labute approximate surface area is 140 Å². The van der Waals surface area contributed by atoms with Crippen LogP contribution in [0.25, 0.3) is 11.3 Å². The summed E-state index contributed by atoms with van der Waals surface area (Å²) in [6.07, 6.45) is 0. The van der Waals surface area contributed by atoms with Gasteiger partial charge in [-0.15, -0.1) is 11.3 Å². The maximum Gasteiger partial charge on any atom is 0.257 e. The Bertz CT molecular complexity index is 867. The number of thiazole rings is 1. The zero-order chi connectivity index (χ0) is 16.4. The molecule has 116 valence electrons. The van der Waals surface area contributed by atoms with Crippen LogP contribution >= 0.6 is 11.3 Å². The molecule has 3 aromatic rings. The van der Waals surface area contributed by atoms with Crippen LogP contribution in [0.5, 0.6) is 0 Å². The van der Waals surface area contributed by atoms with Gasteiger partial charge in [-0.2, -0.15) is 0 Å². The molecule has 0 spiro atoms. The van der Waals surface area contributed by atoms with E-state index in [4.69, 9.17) is 0 Å². The molecule has 2 aromatic carbocycles. The third kappa shape index (κ3) is 3.32. The number of hydrogen-bond donors (Lipinski definition) is 1. The lowest BCUT2D eigenvalue weighted by Crippen LogP contribution is -2.13. The number of nitrogens with one attached hydrogen (secondary N) is 1. The van der Waals surface area contributed by atoms with Crippen molar-refractivity contribution in [2.24, 2.45) is 0 Å². The molecule has 4 heteroatoms. The summed E-state index contributed by atoms with van der Waals surface area (Å²) >= 11 is 1.44. The van der Waals surface area contributed by atoms with Crippen molar-refractivity contribution in [1.29, 1.82) is 0 Å². The van der Waals surface area contributed by atoms with Crippen molar-refractivity contribution in [2.45, 2.75) is 20.8 Å². The number of nitrogens with zero attached hydrogens (tertiary/aromatic N) is 1. The lowest BCUT2D eigenvalue weighted by Gasteiger charge is -2.05. The highest BCUT2D eigenvalue weighted by Crippen LogP contribution is 2.28. The second kappa shape index (κ2) is 6.34. The molecule has 1 aromatic heterocycles. The third-order valence-electron chi connectivity index (χ3n) is 3.78. The molecular weight excluding hydrogens is 304 g/mol. The summed E-state index contributed by atoms with van der Waals surface area (Å²) in [5.41, 5.74) is 6.02. The number of rotatable bonds is 3. The summed E-state index contributed by atoms with van der Waals surface area (Å²) in [5, 5.41) is 5.49. The normalized spacial score (nSPS) is 10.6. The Balaban J connectivity index is 1.84. The molecular formula is C19H18N2OS. The molecule has 0 fully saturated rings. The molecule has 0 bridgehead atoms. The summed E-state index contributed by atoms with van der Waals surface area (Å²) < 4.78 is 0. The van der Waals surface area contributed by atoms with Crippen molar-refractivity contribution in [3.05, 3.63) is 70.1 Å². The highest BCUT2D eigenvalue weighted by Gasteiger charge is 2.12. The predicted molar refractivity (Wildman–Crippen MR) is 96.2 cm³/mol. The van der Waals surface area contributed by atoms with E-state index >= 15 is 0 Å². The third-order valence-corrected chi connectivity index (χ3v) is 4.54. The van der Waals surface area contributed by atoms with E-state index in [1.807, 2.05) is 36.6 Å². The van der Waals surface area contributed by atoms with Gasteiger partial charge in [0.15, 0.2) is 5.13 Å². The number of aromatic nitrogens is 1. The van der Waals surface area contributed by atoms with Gasteiger partial charge in [0.2, 0.25) is 0 Å². The van der Waals surface area contributed by atoms with Crippen LogP contribution in [0.15, 0.2) is 47.8 Å². The van der Waals surface area contributed by atoms with Crippen LogP contribution in [-0.4, -0.2) is 10.9 Å². The van der Waals surface area contributed by atoms with E-state index in [2.05, 4.69) is 42.3 Å². The zero-order valence-corrected chi connectivity index (χ0v) is 14.2. The molecule has 0 aliphatic rings. The molecule has 0 saturated carbocycles. The Morgan fingerprint density at radius 2 is 1.83 bits per heavy atom. The molecule has 0 atom stereocenters. The molecule has 0 aliphatic carbocycles. The first kappa shape index (κ1) is 15.4. The van der Waals surface area contributed by atoms with Gasteiger partial charge in [-0.3, -0.25) is 10.1 Å². The topological polar surface area (TPSA) is 42.0 Å². The minimum atomic E-state index is -0.120. The maximum absolute atomic E-state index is 12.4. The predicted octanol–water partition coefficient (Wildman–Crippen LogP) is 4.99. The average Bonchev–Trinajstić information content (AvgIpc) is 2.98. The number of carbonyl (C=O) groups excluding carboxylic acids is 1. The van der Waals surface area contributed by atoms with Crippen LogP contribution in [-0.2, 0) is 0 Å². The first-order chi connectivity index (χ1) is 11.0. The minimum absolute atomic E-state index is 0.120. The molecule has 1 heterocycles. The smallest absolute Gasteiger partial charge is 0.257 e. The van der Waals surface area contributed by atoms with E-state index < -0.39 is 0 Å². The largest absolute Gasteiger partial charge is 0.298 e. The number of hydrogen-bond acceptors (Lipinski definition) is 3. The summed E-state index contributed by atoms with van der Waals surface area (Å²) in [5.74, 6) is -0.120. The molecule has 0 saturated heterocycles. The quantitative estimate of drug-likeness (QED) is 0.738. The lowest BCUT2D eigenvalue weighted by molar-refractivity contribution is 0.102. The van der Waals surface area contributed by atoms with Crippen molar-refractivity contribution >= 4 is 22.4 Å².